The third kappa shape index (κ3) is 6.12. The number of H-pyrrole nitrogens is 1. The van der Waals surface area contributed by atoms with Gasteiger partial charge in [0.05, 0.1) is 12.2 Å². The molecule has 0 spiro atoms. The second-order valence-corrected chi connectivity index (χ2v) is 7.26. The number of carbonyl (C=O) groups excluding carboxylic acids is 1. The van der Waals surface area contributed by atoms with Crippen molar-refractivity contribution in [1.29, 1.82) is 0 Å². The van der Waals surface area contributed by atoms with Crippen molar-refractivity contribution in [3.63, 3.8) is 0 Å². The van der Waals surface area contributed by atoms with E-state index in [4.69, 9.17) is 23.8 Å². The molecule has 0 aliphatic carbocycles. The molecule has 0 saturated carbocycles. The Morgan fingerprint density at radius 2 is 2.18 bits per heavy atom. The first-order valence-corrected chi connectivity index (χ1v) is 10.4. The maximum Gasteiger partial charge on any atom is 0.508 e. The van der Waals surface area contributed by atoms with Crippen LogP contribution in [0.3, 0.4) is 0 Å². The third-order valence-corrected chi connectivity index (χ3v) is 4.44. The summed E-state index contributed by atoms with van der Waals surface area (Å²) in [5.74, 6) is 0. The summed E-state index contributed by atoms with van der Waals surface area (Å²) in [6.07, 6.45) is -1.81. The average molecular weight is 485 g/mol. The van der Waals surface area contributed by atoms with Gasteiger partial charge in [-0.2, -0.15) is 0 Å². The summed E-state index contributed by atoms with van der Waals surface area (Å²) in [7, 11) is -4.88. The van der Waals surface area contributed by atoms with Crippen molar-refractivity contribution < 1.29 is 37.9 Å². The van der Waals surface area contributed by atoms with Gasteiger partial charge in [0.1, 0.15) is 25.0 Å². The monoisotopic (exact) mass is 484 g/mol. The lowest BCUT2D eigenvalue weighted by Crippen LogP contribution is -2.33. The van der Waals surface area contributed by atoms with Gasteiger partial charge in [-0.05, 0) is 18.0 Å². The molecule has 0 radical (unpaired) electrons. The summed E-state index contributed by atoms with van der Waals surface area (Å²) in [6, 6.07) is 0. The van der Waals surface area contributed by atoms with Gasteiger partial charge in [-0.25, -0.2) is 14.2 Å². The second-order valence-electron chi connectivity index (χ2n) is 5.54. The second kappa shape index (κ2) is 9.63. The van der Waals surface area contributed by atoms with E-state index >= 15 is 0 Å². The highest BCUT2D eigenvalue weighted by atomic mass is 79.9. The fourth-order valence-electron chi connectivity index (χ4n) is 2.52. The van der Waals surface area contributed by atoms with Crippen LogP contribution < -0.4 is 11.2 Å². The Morgan fingerprint density at radius 1 is 1.46 bits per heavy atom. The van der Waals surface area contributed by atoms with Gasteiger partial charge in [-0.15, -0.1) is 0 Å². The quantitative estimate of drug-likeness (QED) is 0.372. The standard InChI is InChI=1S/C14H18BrN2O10P/c1-2-24-14(20)25-7-10-9(27-28(21,22)23)5-11(26-10)17-6-8(3-4-15)12(18)16-13(17)19/h3-4,6,9-11H,2,5,7H2,1H3,(H,16,18,19)(H2,21,22,23)/t9-,10+,11+/m0/s1. The molecule has 0 unspecified atom stereocenters. The Hall–Kier alpha value is -1.76. The van der Waals surface area contributed by atoms with Gasteiger partial charge in [-0.1, -0.05) is 15.9 Å². The highest BCUT2D eigenvalue weighted by Gasteiger charge is 2.41. The van der Waals surface area contributed by atoms with Crippen LogP contribution >= 0.6 is 23.8 Å². The van der Waals surface area contributed by atoms with Crippen molar-refractivity contribution in [2.75, 3.05) is 13.2 Å². The molecule has 2 rings (SSSR count). The number of phosphoric ester groups is 1. The minimum Gasteiger partial charge on any atom is -0.435 e. The van der Waals surface area contributed by atoms with Gasteiger partial charge < -0.3 is 24.0 Å². The predicted octanol–water partition coefficient (Wildman–Crippen LogP) is 0.841. The van der Waals surface area contributed by atoms with Crippen LogP contribution in [0, 0.1) is 0 Å². The number of hydrogen-bond acceptors (Lipinski definition) is 8. The summed E-state index contributed by atoms with van der Waals surface area (Å²) < 4.78 is 32.0. The number of carbonyl (C=O) groups is 1. The molecule has 0 amide bonds. The van der Waals surface area contributed by atoms with Crippen molar-refractivity contribution in [3.05, 3.63) is 37.6 Å². The summed E-state index contributed by atoms with van der Waals surface area (Å²) in [4.78, 5) is 57.0. The SMILES string of the molecule is CCOC(=O)OC[C@H]1O[C@@H](n2cc(C=CBr)c(=O)[nH]c2=O)C[C@@H]1OP(=O)(O)O. The number of halogens is 1. The molecule has 2 heterocycles. The molecule has 1 aliphatic heterocycles. The van der Waals surface area contributed by atoms with Crippen molar-refractivity contribution in [2.45, 2.75) is 31.8 Å². The zero-order chi connectivity index (χ0) is 20.9. The van der Waals surface area contributed by atoms with E-state index in [9.17, 15) is 18.9 Å². The topological polar surface area (TPSA) is 166 Å². The molecule has 12 nitrogen and oxygen atoms in total. The molecule has 3 atom stereocenters. The number of aromatic nitrogens is 2. The van der Waals surface area contributed by atoms with E-state index in [1.165, 1.54) is 17.3 Å². The molecule has 3 N–H and O–H groups in total. The van der Waals surface area contributed by atoms with Gasteiger partial charge in [0.2, 0.25) is 0 Å². The van der Waals surface area contributed by atoms with Crippen LogP contribution in [0.1, 0.15) is 25.1 Å². The molecule has 1 aliphatic rings. The lowest BCUT2D eigenvalue weighted by Gasteiger charge is -2.18. The van der Waals surface area contributed by atoms with Crippen LogP contribution in [-0.4, -0.2) is 50.9 Å². The summed E-state index contributed by atoms with van der Waals surface area (Å²) >= 11 is 3.03. The minimum atomic E-state index is -4.88. The van der Waals surface area contributed by atoms with Crippen LogP contribution in [0.2, 0.25) is 0 Å². The van der Waals surface area contributed by atoms with Gasteiger partial charge in [0.25, 0.3) is 5.56 Å². The smallest absolute Gasteiger partial charge is 0.435 e. The molecule has 1 saturated heterocycles. The number of phosphoric acid groups is 1. The Bertz CT molecular complexity index is 891. The van der Waals surface area contributed by atoms with E-state index in [1.54, 1.807) is 6.92 Å². The van der Waals surface area contributed by atoms with Gasteiger partial charge in [-0.3, -0.25) is 18.9 Å². The highest BCUT2D eigenvalue weighted by Crippen LogP contribution is 2.43. The lowest BCUT2D eigenvalue weighted by molar-refractivity contribution is -0.0575. The summed E-state index contributed by atoms with van der Waals surface area (Å²) in [6.45, 7) is 1.23. The number of ether oxygens (including phenoxy) is 3. The maximum atomic E-state index is 12.1. The van der Waals surface area contributed by atoms with Crippen molar-refractivity contribution >= 4 is 36.0 Å². The van der Waals surface area contributed by atoms with Crippen LogP contribution in [0.4, 0.5) is 4.79 Å². The summed E-state index contributed by atoms with van der Waals surface area (Å²) in [5.41, 5.74) is -1.28. The first-order valence-electron chi connectivity index (χ1n) is 7.95. The van der Waals surface area contributed by atoms with E-state index in [-0.39, 0.29) is 18.6 Å². The zero-order valence-corrected chi connectivity index (χ0v) is 17.0. The van der Waals surface area contributed by atoms with E-state index in [2.05, 4.69) is 25.7 Å². The lowest BCUT2D eigenvalue weighted by atomic mass is 10.2. The van der Waals surface area contributed by atoms with E-state index in [0.29, 0.717) is 0 Å². The average Bonchev–Trinajstić information content (AvgIpc) is 2.96. The number of nitrogens with one attached hydrogen (secondary N) is 1. The van der Waals surface area contributed by atoms with E-state index in [0.717, 1.165) is 4.57 Å². The van der Waals surface area contributed by atoms with E-state index in [1.807, 2.05) is 0 Å². The number of hydrogen-bond donors (Lipinski definition) is 3. The molecular weight excluding hydrogens is 467 g/mol. The minimum absolute atomic E-state index is 0.0754. The first-order chi connectivity index (χ1) is 13.1. The Kier molecular flexibility index (Phi) is 7.75. The van der Waals surface area contributed by atoms with Crippen LogP contribution in [0.5, 0.6) is 0 Å². The summed E-state index contributed by atoms with van der Waals surface area (Å²) in [5, 5.41) is 0. The van der Waals surface area contributed by atoms with Crippen molar-refractivity contribution in [3.8, 4) is 0 Å². The van der Waals surface area contributed by atoms with Gasteiger partial charge in [0.15, 0.2) is 0 Å². The maximum absolute atomic E-state index is 12.1. The van der Waals surface area contributed by atoms with Crippen LogP contribution in [0.25, 0.3) is 6.08 Å². The Labute approximate surface area is 166 Å². The molecule has 28 heavy (non-hydrogen) atoms. The molecule has 1 aromatic heterocycles. The van der Waals surface area contributed by atoms with E-state index < -0.39 is 50.3 Å². The molecule has 156 valence electrons. The number of aromatic amines is 1. The predicted molar refractivity (Wildman–Crippen MR) is 97.7 cm³/mol. The molecular formula is C14H18BrN2O10P. The normalized spacial score (nSPS) is 22.5. The Morgan fingerprint density at radius 3 is 2.79 bits per heavy atom. The third-order valence-electron chi connectivity index (χ3n) is 3.63. The van der Waals surface area contributed by atoms with Crippen molar-refractivity contribution in [1.82, 2.24) is 9.55 Å². The van der Waals surface area contributed by atoms with Crippen molar-refractivity contribution in [2.24, 2.45) is 0 Å². The highest BCUT2D eigenvalue weighted by molar-refractivity contribution is 9.11. The Balaban J connectivity index is 2.26. The van der Waals surface area contributed by atoms with Gasteiger partial charge >= 0.3 is 19.7 Å². The molecule has 1 fully saturated rings. The number of nitrogens with zero attached hydrogens (tertiary/aromatic N) is 1. The largest absolute Gasteiger partial charge is 0.508 e. The van der Waals surface area contributed by atoms with Crippen LogP contribution in [-0.2, 0) is 23.3 Å². The fourth-order valence-corrected chi connectivity index (χ4v) is 3.38. The van der Waals surface area contributed by atoms with Crippen LogP contribution in [0.15, 0.2) is 20.8 Å². The fraction of sp³-hybridized carbons (Fsp3) is 0.500. The number of rotatable bonds is 7. The zero-order valence-electron chi connectivity index (χ0n) is 14.5. The molecule has 1 aromatic rings. The molecule has 14 heteroatoms. The molecule has 0 bridgehead atoms. The van der Waals surface area contributed by atoms with Gasteiger partial charge in [0, 0.05) is 12.6 Å². The first kappa shape index (κ1) is 22.5. The molecule has 0 aromatic carbocycles.